The quantitative estimate of drug-likeness (QED) is 0.784. The summed E-state index contributed by atoms with van der Waals surface area (Å²) in [5.74, 6) is 0.420. The minimum atomic E-state index is 0.420. The lowest BCUT2D eigenvalue weighted by atomic mass is 10.3. The van der Waals surface area contributed by atoms with E-state index in [1.54, 1.807) is 10.9 Å². The Morgan fingerprint density at radius 1 is 1.42 bits per heavy atom. The molecular formula is C12H13BrN6. The molecule has 0 amide bonds. The maximum absolute atomic E-state index is 6.03. The highest BCUT2D eigenvalue weighted by atomic mass is 79.9. The van der Waals surface area contributed by atoms with Crippen LogP contribution in [0.1, 0.15) is 12.6 Å². The van der Waals surface area contributed by atoms with Crippen LogP contribution in [0.2, 0.25) is 0 Å². The molecule has 0 atom stereocenters. The number of pyridine rings is 1. The smallest absolute Gasteiger partial charge is 0.207 e. The van der Waals surface area contributed by atoms with Crippen LogP contribution in [0.5, 0.6) is 0 Å². The van der Waals surface area contributed by atoms with Crippen molar-refractivity contribution >= 4 is 33.0 Å². The van der Waals surface area contributed by atoms with Crippen molar-refractivity contribution in [2.75, 3.05) is 5.73 Å². The van der Waals surface area contributed by atoms with Gasteiger partial charge in [0.25, 0.3) is 0 Å². The van der Waals surface area contributed by atoms with Gasteiger partial charge in [0.05, 0.1) is 11.4 Å². The molecule has 3 aromatic heterocycles. The highest BCUT2D eigenvalue weighted by Gasteiger charge is 2.16. The molecule has 3 heterocycles. The fourth-order valence-electron chi connectivity index (χ4n) is 2.16. The molecule has 0 unspecified atom stereocenters. The van der Waals surface area contributed by atoms with Crippen LogP contribution in [0.15, 0.2) is 22.9 Å². The van der Waals surface area contributed by atoms with Crippen LogP contribution in [-0.2, 0) is 13.5 Å². The Morgan fingerprint density at radius 2 is 2.21 bits per heavy atom. The summed E-state index contributed by atoms with van der Waals surface area (Å²) < 4.78 is 4.50. The molecular weight excluding hydrogens is 308 g/mol. The van der Waals surface area contributed by atoms with Crippen LogP contribution in [0.4, 0.5) is 5.95 Å². The van der Waals surface area contributed by atoms with Gasteiger partial charge in [-0.2, -0.15) is 5.10 Å². The van der Waals surface area contributed by atoms with Crippen LogP contribution in [0.3, 0.4) is 0 Å². The number of aryl methyl sites for hydroxylation is 2. The molecule has 0 spiro atoms. The molecule has 0 aliphatic heterocycles. The molecule has 6 nitrogen and oxygen atoms in total. The minimum absolute atomic E-state index is 0.420. The highest BCUT2D eigenvalue weighted by Crippen LogP contribution is 2.25. The van der Waals surface area contributed by atoms with Crippen molar-refractivity contribution in [2.24, 2.45) is 7.05 Å². The summed E-state index contributed by atoms with van der Waals surface area (Å²) in [6, 6.07) is 1.90. The van der Waals surface area contributed by atoms with Gasteiger partial charge in [-0.3, -0.25) is 9.25 Å². The molecule has 19 heavy (non-hydrogen) atoms. The number of imidazole rings is 1. The van der Waals surface area contributed by atoms with Gasteiger partial charge in [-0.05, 0) is 28.4 Å². The average Bonchev–Trinajstić information content (AvgIpc) is 2.87. The molecule has 0 saturated carbocycles. The first-order valence-electron chi connectivity index (χ1n) is 5.92. The second kappa shape index (κ2) is 4.34. The van der Waals surface area contributed by atoms with Gasteiger partial charge >= 0.3 is 0 Å². The van der Waals surface area contributed by atoms with Gasteiger partial charge in [-0.15, -0.1) is 0 Å². The molecule has 3 rings (SSSR count). The zero-order chi connectivity index (χ0) is 13.6. The number of hydrogen-bond acceptors (Lipinski definition) is 4. The predicted molar refractivity (Wildman–Crippen MR) is 77.1 cm³/mol. The summed E-state index contributed by atoms with van der Waals surface area (Å²) in [5, 5.41) is 4.43. The van der Waals surface area contributed by atoms with E-state index >= 15 is 0 Å². The number of fused-ring (bicyclic) bond motifs is 1. The number of hydrogen-bond donors (Lipinski definition) is 1. The molecule has 0 radical (unpaired) electrons. The molecule has 98 valence electrons. The number of nitrogen functional groups attached to an aromatic ring is 1. The second-order valence-electron chi connectivity index (χ2n) is 4.29. The number of anilines is 1. The first-order valence-corrected chi connectivity index (χ1v) is 6.71. The number of nitrogens with two attached hydrogens (primary N) is 1. The molecule has 0 aliphatic rings. The highest BCUT2D eigenvalue weighted by molar-refractivity contribution is 9.10. The van der Waals surface area contributed by atoms with E-state index in [4.69, 9.17) is 5.73 Å². The Labute approximate surface area is 118 Å². The van der Waals surface area contributed by atoms with Gasteiger partial charge < -0.3 is 5.73 Å². The first-order chi connectivity index (χ1) is 9.10. The summed E-state index contributed by atoms with van der Waals surface area (Å²) in [6.07, 6.45) is 4.49. The summed E-state index contributed by atoms with van der Waals surface area (Å²) in [4.78, 5) is 8.75. The Bertz CT molecular complexity index is 757. The van der Waals surface area contributed by atoms with Crippen molar-refractivity contribution in [2.45, 2.75) is 13.3 Å². The van der Waals surface area contributed by atoms with Gasteiger partial charge in [0.15, 0.2) is 5.65 Å². The fraction of sp³-hybridized carbons (Fsp3) is 0.250. The lowest BCUT2D eigenvalue weighted by molar-refractivity contribution is 0.746. The standard InChI is InChI=1S/C12H13BrN6/c1-3-8-10(6-18(2)17-8)19-11-9(16-12(19)14)4-7(13)5-15-11/h4-6H,3H2,1-2H3,(H2,14,16). The van der Waals surface area contributed by atoms with Crippen LogP contribution in [0, 0.1) is 0 Å². The lowest BCUT2D eigenvalue weighted by Crippen LogP contribution is -2.03. The molecule has 0 aromatic carbocycles. The van der Waals surface area contributed by atoms with E-state index in [-0.39, 0.29) is 0 Å². The van der Waals surface area contributed by atoms with Crippen molar-refractivity contribution < 1.29 is 0 Å². The SMILES string of the molecule is CCc1nn(C)cc1-n1c(N)nc2cc(Br)cnc21. The molecule has 0 bridgehead atoms. The Kier molecular flexibility index (Phi) is 2.78. The van der Waals surface area contributed by atoms with Crippen molar-refractivity contribution in [1.82, 2.24) is 24.3 Å². The van der Waals surface area contributed by atoms with Gasteiger partial charge in [0, 0.05) is 23.9 Å². The van der Waals surface area contributed by atoms with Crippen LogP contribution < -0.4 is 5.73 Å². The predicted octanol–water partition coefficient (Wildman–Crippen LogP) is 2.06. The van der Waals surface area contributed by atoms with E-state index in [1.807, 2.05) is 23.9 Å². The minimum Gasteiger partial charge on any atom is -0.369 e. The zero-order valence-electron chi connectivity index (χ0n) is 10.6. The molecule has 0 aliphatic carbocycles. The molecule has 7 heteroatoms. The van der Waals surface area contributed by atoms with Crippen molar-refractivity contribution in [1.29, 1.82) is 0 Å². The van der Waals surface area contributed by atoms with E-state index in [0.29, 0.717) is 5.95 Å². The topological polar surface area (TPSA) is 74.5 Å². The van der Waals surface area contributed by atoms with E-state index in [1.165, 1.54) is 0 Å². The monoisotopic (exact) mass is 320 g/mol. The van der Waals surface area contributed by atoms with Gasteiger partial charge in [0.1, 0.15) is 5.52 Å². The summed E-state index contributed by atoms with van der Waals surface area (Å²) in [5.41, 5.74) is 9.43. The van der Waals surface area contributed by atoms with E-state index in [2.05, 4.69) is 37.9 Å². The molecule has 2 N–H and O–H groups in total. The van der Waals surface area contributed by atoms with E-state index in [9.17, 15) is 0 Å². The van der Waals surface area contributed by atoms with E-state index in [0.717, 1.165) is 33.4 Å². The van der Waals surface area contributed by atoms with Crippen LogP contribution in [-0.4, -0.2) is 24.3 Å². The van der Waals surface area contributed by atoms with Crippen molar-refractivity contribution in [3.05, 3.63) is 28.6 Å². The third-order valence-electron chi connectivity index (χ3n) is 2.95. The largest absolute Gasteiger partial charge is 0.369 e. The van der Waals surface area contributed by atoms with Crippen molar-refractivity contribution in [3.8, 4) is 5.69 Å². The van der Waals surface area contributed by atoms with Gasteiger partial charge in [0.2, 0.25) is 5.95 Å². The lowest BCUT2D eigenvalue weighted by Gasteiger charge is -2.04. The summed E-state index contributed by atoms with van der Waals surface area (Å²) >= 11 is 3.39. The van der Waals surface area contributed by atoms with Gasteiger partial charge in [-0.25, -0.2) is 9.97 Å². The number of nitrogens with zero attached hydrogens (tertiary/aromatic N) is 5. The summed E-state index contributed by atoms with van der Waals surface area (Å²) in [7, 11) is 1.89. The Morgan fingerprint density at radius 3 is 2.95 bits per heavy atom. The zero-order valence-corrected chi connectivity index (χ0v) is 12.2. The van der Waals surface area contributed by atoms with Crippen molar-refractivity contribution in [3.63, 3.8) is 0 Å². The average molecular weight is 321 g/mol. The molecule has 0 saturated heterocycles. The Balaban J connectivity index is 2.32. The molecule has 0 fully saturated rings. The third-order valence-corrected chi connectivity index (χ3v) is 3.38. The first kappa shape index (κ1) is 12.2. The number of aromatic nitrogens is 5. The number of halogens is 1. The van der Waals surface area contributed by atoms with Crippen LogP contribution >= 0.6 is 15.9 Å². The van der Waals surface area contributed by atoms with Crippen LogP contribution in [0.25, 0.3) is 16.9 Å². The Hall–Kier alpha value is -1.89. The van der Waals surface area contributed by atoms with E-state index < -0.39 is 0 Å². The maximum Gasteiger partial charge on any atom is 0.207 e. The number of rotatable bonds is 2. The van der Waals surface area contributed by atoms with Gasteiger partial charge in [-0.1, -0.05) is 6.92 Å². The fourth-order valence-corrected chi connectivity index (χ4v) is 2.48. The maximum atomic E-state index is 6.03. The summed E-state index contributed by atoms with van der Waals surface area (Å²) in [6.45, 7) is 2.06. The molecule has 3 aromatic rings. The second-order valence-corrected chi connectivity index (χ2v) is 5.21. The third kappa shape index (κ3) is 1.90. The normalized spacial score (nSPS) is 11.3.